The Balaban J connectivity index is 2.20. The molecule has 1 aliphatic carbocycles. The average Bonchev–Trinajstić information content (AvgIpc) is 2.46. The molecule has 2 unspecified atom stereocenters. The summed E-state index contributed by atoms with van der Waals surface area (Å²) in [4.78, 5) is 4.34. The monoisotopic (exact) mass is 285 g/mol. The second-order valence-electron chi connectivity index (χ2n) is 5.48. The van der Waals surface area contributed by atoms with E-state index in [9.17, 15) is 0 Å². The molecule has 0 amide bonds. The van der Waals surface area contributed by atoms with Gasteiger partial charge in [-0.15, -0.1) is 0 Å². The first-order valence-electron chi connectivity index (χ1n) is 7.76. The molecular weight excluding hydrogens is 254 g/mol. The summed E-state index contributed by atoms with van der Waals surface area (Å²) >= 11 is 1.92. The number of hydrogen-bond donors (Lipinski definition) is 2. The quantitative estimate of drug-likeness (QED) is 0.428. The number of guanidine groups is 1. The lowest BCUT2D eigenvalue weighted by atomic mass is 9.84. The van der Waals surface area contributed by atoms with E-state index < -0.39 is 0 Å². The zero-order valence-corrected chi connectivity index (χ0v) is 13.7. The summed E-state index contributed by atoms with van der Waals surface area (Å²) in [6.07, 6.45) is 11.4. The maximum Gasteiger partial charge on any atom is 0.191 e. The molecule has 0 heterocycles. The van der Waals surface area contributed by atoms with Gasteiger partial charge in [0.15, 0.2) is 5.96 Å². The van der Waals surface area contributed by atoms with Gasteiger partial charge in [-0.25, -0.2) is 0 Å². The van der Waals surface area contributed by atoms with Crippen molar-refractivity contribution in [1.29, 1.82) is 0 Å². The van der Waals surface area contributed by atoms with E-state index in [1.807, 2.05) is 18.8 Å². The van der Waals surface area contributed by atoms with Crippen molar-refractivity contribution in [2.75, 3.05) is 25.6 Å². The molecule has 2 atom stereocenters. The summed E-state index contributed by atoms with van der Waals surface area (Å²) < 4.78 is 0. The smallest absolute Gasteiger partial charge is 0.191 e. The Morgan fingerprint density at radius 2 is 2.16 bits per heavy atom. The number of rotatable bonds is 7. The third-order valence-electron chi connectivity index (χ3n) is 3.99. The van der Waals surface area contributed by atoms with Crippen molar-refractivity contribution in [3.05, 3.63) is 0 Å². The van der Waals surface area contributed by atoms with Gasteiger partial charge < -0.3 is 10.6 Å². The topological polar surface area (TPSA) is 36.4 Å². The van der Waals surface area contributed by atoms with Crippen LogP contribution in [0.15, 0.2) is 4.99 Å². The molecule has 0 spiro atoms. The molecule has 0 aromatic rings. The lowest BCUT2D eigenvalue weighted by Crippen LogP contribution is -2.45. The Morgan fingerprint density at radius 1 is 1.32 bits per heavy atom. The molecule has 0 radical (unpaired) electrons. The molecular formula is C15H31N3S. The van der Waals surface area contributed by atoms with Crippen molar-refractivity contribution >= 4 is 17.7 Å². The molecule has 0 saturated heterocycles. The first-order chi connectivity index (χ1) is 9.30. The number of aliphatic imine (C=N–C) groups is 1. The summed E-state index contributed by atoms with van der Waals surface area (Å²) in [6.45, 7) is 3.34. The molecule has 112 valence electrons. The van der Waals surface area contributed by atoms with E-state index in [1.165, 1.54) is 50.7 Å². The third kappa shape index (κ3) is 7.09. The molecule has 4 heteroatoms. The summed E-state index contributed by atoms with van der Waals surface area (Å²) in [6, 6.07) is 0.621. The Morgan fingerprint density at radius 3 is 2.84 bits per heavy atom. The van der Waals surface area contributed by atoms with Crippen molar-refractivity contribution in [1.82, 2.24) is 10.6 Å². The lowest BCUT2D eigenvalue weighted by Gasteiger charge is -2.30. The minimum atomic E-state index is 0.621. The highest BCUT2D eigenvalue weighted by molar-refractivity contribution is 7.98. The zero-order chi connectivity index (χ0) is 13.9. The minimum Gasteiger partial charge on any atom is -0.356 e. The van der Waals surface area contributed by atoms with Crippen LogP contribution in [0.25, 0.3) is 0 Å². The van der Waals surface area contributed by atoms with Crippen molar-refractivity contribution in [3.8, 4) is 0 Å². The maximum atomic E-state index is 4.34. The molecule has 19 heavy (non-hydrogen) atoms. The standard InChI is InChI=1S/C15H31N3S/c1-4-13-8-7-9-14(12-13)18-15(16-2)17-10-5-6-11-19-3/h13-14H,4-12H2,1-3H3,(H2,16,17,18). The van der Waals surface area contributed by atoms with Crippen LogP contribution in [0.3, 0.4) is 0 Å². The highest BCUT2D eigenvalue weighted by atomic mass is 32.2. The molecule has 1 saturated carbocycles. The van der Waals surface area contributed by atoms with Gasteiger partial charge in [0.2, 0.25) is 0 Å². The van der Waals surface area contributed by atoms with Crippen LogP contribution in [-0.2, 0) is 0 Å². The van der Waals surface area contributed by atoms with Gasteiger partial charge in [0, 0.05) is 19.6 Å². The summed E-state index contributed by atoms with van der Waals surface area (Å²) in [7, 11) is 1.87. The number of hydrogen-bond acceptors (Lipinski definition) is 2. The van der Waals surface area contributed by atoms with Crippen LogP contribution in [0.1, 0.15) is 51.9 Å². The predicted molar refractivity (Wildman–Crippen MR) is 88.2 cm³/mol. The van der Waals surface area contributed by atoms with Crippen LogP contribution in [0.4, 0.5) is 0 Å². The Hall–Kier alpha value is -0.380. The molecule has 1 aliphatic rings. The van der Waals surface area contributed by atoms with Crippen molar-refractivity contribution < 1.29 is 0 Å². The molecule has 0 aliphatic heterocycles. The van der Waals surface area contributed by atoms with Crippen molar-refractivity contribution in [2.45, 2.75) is 57.9 Å². The normalized spacial score (nSPS) is 24.3. The van der Waals surface area contributed by atoms with Crippen LogP contribution in [-0.4, -0.2) is 37.6 Å². The second-order valence-corrected chi connectivity index (χ2v) is 6.47. The van der Waals surface area contributed by atoms with Gasteiger partial charge in [-0.05, 0) is 43.6 Å². The van der Waals surface area contributed by atoms with Crippen LogP contribution < -0.4 is 10.6 Å². The Labute approximate surface area is 123 Å². The van der Waals surface area contributed by atoms with E-state index in [1.54, 1.807) is 0 Å². The third-order valence-corrected chi connectivity index (χ3v) is 4.69. The first kappa shape index (κ1) is 16.7. The average molecular weight is 286 g/mol. The van der Waals surface area contributed by atoms with Crippen LogP contribution >= 0.6 is 11.8 Å². The van der Waals surface area contributed by atoms with Gasteiger partial charge in [0.05, 0.1) is 0 Å². The largest absolute Gasteiger partial charge is 0.356 e. The fourth-order valence-electron chi connectivity index (χ4n) is 2.76. The van der Waals surface area contributed by atoms with Gasteiger partial charge in [0.1, 0.15) is 0 Å². The van der Waals surface area contributed by atoms with Gasteiger partial charge in [-0.1, -0.05) is 26.2 Å². The van der Waals surface area contributed by atoms with E-state index >= 15 is 0 Å². The van der Waals surface area contributed by atoms with Gasteiger partial charge in [0.25, 0.3) is 0 Å². The fraction of sp³-hybridized carbons (Fsp3) is 0.933. The molecule has 0 aromatic heterocycles. The summed E-state index contributed by atoms with van der Waals surface area (Å²) in [5.74, 6) is 3.16. The van der Waals surface area contributed by atoms with Crippen LogP contribution in [0.2, 0.25) is 0 Å². The number of nitrogens with one attached hydrogen (secondary N) is 2. The lowest BCUT2D eigenvalue weighted by molar-refractivity contribution is 0.298. The van der Waals surface area contributed by atoms with Crippen molar-refractivity contribution in [3.63, 3.8) is 0 Å². The number of thioether (sulfide) groups is 1. The zero-order valence-electron chi connectivity index (χ0n) is 12.9. The minimum absolute atomic E-state index is 0.621. The van der Waals surface area contributed by atoms with Gasteiger partial charge in [-0.2, -0.15) is 11.8 Å². The van der Waals surface area contributed by atoms with E-state index in [0.29, 0.717) is 6.04 Å². The van der Waals surface area contributed by atoms with Crippen molar-refractivity contribution in [2.24, 2.45) is 10.9 Å². The highest BCUT2D eigenvalue weighted by Crippen LogP contribution is 2.26. The Bertz CT molecular complexity index is 256. The molecule has 0 bridgehead atoms. The number of unbranched alkanes of at least 4 members (excludes halogenated alkanes) is 1. The molecule has 1 rings (SSSR count). The summed E-state index contributed by atoms with van der Waals surface area (Å²) in [5, 5.41) is 7.03. The van der Waals surface area contributed by atoms with E-state index in [2.05, 4.69) is 28.8 Å². The maximum absolute atomic E-state index is 4.34. The molecule has 3 nitrogen and oxygen atoms in total. The summed E-state index contributed by atoms with van der Waals surface area (Å²) in [5.41, 5.74) is 0. The second kappa shape index (κ2) is 10.4. The van der Waals surface area contributed by atoms with E-state index in [-0.39, 0.29) is 0 Å². The van der Waals surface area contributed by atoms with Gasteiger partial charge >= 0.3 is 0 Å². The van der Waals surface area contributed by atoms with E-state index in [4.69, 9.17) is 0 Å². The molecule has 2 N–H and O–H groups in total. The van der Waals surface area contributed by atoms with Crippen LogP contribution in [0, 0.1) is 5.92 Å². The fourth-order valence-corrected chi connectivity index (χ4v) is 3.25. The van der Waals surface area contributed by atoms with E-state index in [0.717, 1.165) is 18.4 Å². The predicted octanol–water partition coefficient (Wildman–Crippen LogP) is 3.26. The first-order valence-corrected chi connectivity index (χ1v) is 9.15. The molecule has 0 aromatic carbocycles. The van der Waals surface area contributed by atoms with Gasteiger partial charge in [-0.3, -0.25) is 4.99 Å². The molecule has 1 fully saturated rings. The SMILES string of the molecule is CCC1CCCC(NC(=NC)NCCCCSC)C1. The number of nitrogens with zero attached hydrogens (tertiary/aromatic N) is 1. The van der Waals surface area contributed by atoms with Crippen LogP contribution in [0.5, 0.6) is 0 Å². The Kier molecular flexibility index (Phi) is 9.14. The highest BCUT2D eigenvalue weighted by Gasteiger charge is 2.21.